The lowest BCUT2D eigenvalue weighted by molar-refractivity contribution is 0.334. The van der Waals surface area contributed by atoms with E-state index in [0.29, 0.717) is 6.04 Å². The summed E-state index contributed by atoms with van der Waals surface area (Å²) in [5.41, 5.74) is 1.51. The summed E-state index contributed by atoms with van der Waals surface area (Å²) >= 11 is 1.87. The van der Waals surface area contributed by atoms with Gasteiger partial charge in [0.1, 0.15) is 0 Å². The highest BCUT2D eigenvalue weighted by Gasteiger charge is 2.20. The van der Waals surface area contributed by atoms with E-state index in [0.717, 1.165) is 12.5 Å². The Morgan fingerprint density at radius 1 is 1.25 bits per heavy atom. The van der Waals surface area contributed by atoms with E-state index in [9.17, 15) is 0 Å². The second kappa shape index (κ2) is 4.19. The van der Waals surface area contributed by atoms with E-state index in [2.05, 4.69) is 41.9 Å². The third-order valence-electron chi connectivity index (χ3n) is 3.55. The van der Waals surface area contributed by atoms with Crippen molar-refractivity contribution in [3.05, 3.63) is 35.2 Å². The predicted molar refractivity (Wildman–Crippen MR) is 71.0 cm³/mol. The van der Waals surface area contributed by atoms with Gasteiger partial charge in [0, 0.05) is 10.7 Å². The minimum absolute atomic E-state index is 0.576. The summed E-state index contributed by atoms with van der Waals surface area (Å²) < 4.78 is 1.41. The van der Waals surface area contributed by atoms with Crippen LogP contribution in [0.4, 0.5) is 0 Å². The fraction of sp³-hybridized carbons (Fsp3) is 0.429. The van der Waals surface area contributed by atoms with Gasteiger partial charge in [-0.25, -0.2) is 0 Å². The first-order valence-corrected chi connectivity index (χ1v) is 6.92. The third kappa shape index (κ3) is 1.76. The lowest BCUT2D eigenvalue weighted by Gasteiger charge is -2.27. The molecule has 1 N–H and O–H groups in total. The molecule has 0 spiro atoms. The highest BCUT2D eigenvalue weighted by molar-refractivity contribution is 7.17. The lowest BCUT2D eigenvalue weighted by atomic mass is 9.92. The summed E-state index contributed by atoms with van der Waals surface area (Å²) in [7, 11) is 0. The molecule has 2 heterocycles. The van der Waals surface area contributed by atoms with Crippen molar-refractivity contribution in [3.63, 3.8) is 0 Å². The molecule has 1 fully saturated rings. The zero-order chi connectivity index (χ0) is 11.0. The van der Waals surface area contributed by atoms with Gasteiger partial charge in [-0.15, -0.1) is 11.3 Å². The van der Waals surface area contributed by atoms with Crippen LogP contribution in [0.25, 0.3) is 10.1 Å². The number of hydrogen-bond donors (Lipinski definition) is 1. The highest BCUT2D eigenvalue weighted by atomic mass is 32.1. The van der Waals surface area contributed by atoms with Gasteiger partial charge in [-0.2, -0.15) is 0 Å². The quantitative estimate of drug-likeness (QED) is 0.783. The summed E-state index contributed by atoms with van der Waals surface area (Å²) in [6.07, 6.45) is 2.63. The molecule has 2 aromatic rings. The zero-order valence-electron chi connectivity index (χ0n) is 9.57. The fourth-order valence-corrected chi connectivity index (χ4v) is 3.55. The minimum atomic E-state index is 0.576. The molecule has 2 heteroatoms. The van der Waals surface area contributed by atoms with Crippen molar-refractivity contribution in [3.8, 4) is 0 Å². The number of nitrogens with one attached hydrogen (secondary N) is 1. The summed E-state index contributed by atoms with van der Waals surface area (Å²) in [6.45, 7) is 3.49. The number of piperidine rings is 1. The van der Waals surface area contributed by atoms with Crippen molar-refractivity contribution in [1.29, 1.82) is 0 Å². The molecule has 16 heavy (non-hydrogen) atoms. The van der Waals surface area contributed by atoms with Crippen LogP contribution in [-0.2, 0) is 0 Å². The number of rotatable bonds is 1. The highest BCUT2D eigenvalue weighted by Crippen LogP contribution is 2.34. The SMILES string of the molecule is C[C@H]1CCC(c2csc3ccccc23)NC1. The van der Waals surface area contributed by atoms with E-state index in [1.165, 1.54) is 28.5 Å². The first-order valence-electron chi connectivity index (χ1n) is 6.04. The van der Waals surface area contributed by atoms with Crippen molar-refractivity contribution < 1.29 is 0 Å². The van der Waals surface area contributed by atoms with Gasteiger partial charge in [0.2, 0.25) is 0 Å². The Bertz CT molecular complexity index is 480. The average Bonchev–Trinajstić information content (AvgIpc) is 2.74. The van der Waals surface area contributed by atoms with Gasteiger partial charge >= 0.3 is 0 Å². The smallest absolute Gasteiger partial charge is 0.0346 e. The first kappa shape index (κ1) is 10.3. The number of fused-ring (bicyclic) bond motifs is 1. The molecule has 0 amide bonds. The maximum atomic E-state index is 3.67. The van der Waals surface area contributed by atoms with Crippen molar-refractivity contribution in [1.82, 2.24) is 5.32 Å². The second-order valence-electron chi connectivity index (χ2n) is 4.83. The number of benzene rings is 1. The lowest BCUT2D eigenvalue weighted by Crippen LogP contribution is -2.31. The monoisotopic (exact) mass is 231 g/mol. The van der Waals surface area contributed by atoms with Gasteiger partial charge in [0.05, 0.1) is 0 Å². The Balaban J connectivity index is 1.94. The normalized spacial score (nSPS) is 26.1. The molecule has 0 radical (unpaired) electrons. The summed E-state index contributed by atoms with van der Waals surface area (Å²) in [4.78, 5) is 0. The van der Waals surface area contributed by atoms with E-state index in [-0.39, 0.29) is 0 Å². The van der Waals surface area contributed by atoms with E-state index < -0.39 is 0 Å². The van der Waals surface area contributed by atoms with Crippen molar-refractivity contribution in [2.45, 2.75) is 25.8 Å². The van der Waals surface area contributed by atoms with Gasteiger partial charge in [-0.1, -0.05) is 25.1 Å². The molecule has 1 unspecified atom stereocenters. The maximum Gasteiger partial charge on any atom is 0.0346 e. The largest absolute Gasteiger partial charge is 0.310 e. The molecule has 1 saturated heterocycles. The van der Waals surface area contributed by atoms with Crippen LogP contribution in [0, 0.1) is 5.92 Å². The number of hydrogen-bond acceptors (Lipinski definition) is 2. The minimum Gasteiger partial charge on any atom is -0.310 e. The van der Waals surface area contributed by atoms with E-state index >= 15 is 0 Å². The van der Waals surface area contributed by atoms with E-state index in [4.69, 9.17) is 0 Å². The van der Waals surface area contributed by atoms with Crippen LogP contribution in [0.15, 0.2) is 29.6 Å². The van der Waals surface area contributed by atoms with Crippen molar-refractivity contribution in [2.75, 3.05) is 6.54 Å². The zero-order valence-corrected chi connectivity index (χ0v) is 10.4. The Morgan fingerprint density at radius 2 is 2.12 bits per heavy atom. The van der Waals surface area contributed by atoms with Gasteiger partial charge in [0.25, 0.3) is 0 Å². The van der Waals surface area contributed by atoms with Crippen LogP contribution in [0.5, 0.6) is 0 Å². The van der Waals surface area contributed by atoms with Gasteiger partial charge in [0.15, 0.2) is 0 Å². The van der Waals surface area contributed by atoms with Crippen LogP contribution >= 0.6 is 11.3 Å². The van der Waals surface area contributed by atoms with Crippen LogP contribution in [0.3, 0.4) is 0 Å². The molecule has 2 atom stereocenters. The molecule has 1 aromatic carbocycles. The van der Waals surface area contributed by atoms with Crippen LogP contribution in [-0.4, -0.2) is 6.54 Å². The molecule has 0 bridgehead atoms. The fourth-order valence-electron chi connectivity index (χ4n) is 2.53. The summed E-state index contributed by atoms with van der Waals surface area (Å²) in [5, 5.41) is 7.45. The first-order chi connectivity index (χ1) is 7.84. The van der Waals surface area contributed by atoms with Gasteiger partial charge in [-0.3, -0.25) is 0 Å². The molecule has 1 aliphatic heterocycles. The topological polar surface area (TPSA) is 12.0 Å². The molecule has 1 aliphatic rings. The Labute approximate surface area is 100 Å². The molecule has 3 rings (SSSR count). The Morgan fingerprint density at radius 3 is 2.94 bits per heavy atom. The molecule has 1 aromatic heterocycles. The molecular weight excluding hydrogens is 214 g/mol. The third-order valence-corrected chi connectivity index (χ3v) is 4.53. The second-order valence-corrected chi connectivity index (χ2v) is 5.74. The number of thiophene rings is 1. The van der Waals surface area contributed by atoms with Crippen molar-refractivity contribution in [2.24, 2.45) is 5.92 Å². The molecule has 84 valence electrons. The average molecular weight is 231 g/mol. The van der Waals surface area contributed by atoms with Crippen LogP contribution in [0.1, 0.15) is 31.4 Å². The maximum absolute atomic E-state index is 3.67. The predicted octanol–water partition coefficient (Wildman–Crippen LogP) is 3.96. The molecule has 0 saturated carbocycles. The van der Waals surface area contributed by atoms with Crippen LogP contribution in [0.2, 0.25) is 0 Å². The Hall–Kier alpha value is -0.860. The molecular formula is C14H17NS. The van der Waals surface area contributed by atoms with E-state index in [1.54, 1.807) is 0 Å². The summed E-state index contributed by atoms with van der Waals surface area (Å²) in [5.74, 6) is 0.834. The molecule has 0 aliphatic carbocycles. The standard InChI is InChI=1S/C14H17NS/c1-10-6-7-13(15-8-10)12-9-16-14-5-3-2-4-11(12)14/h2-5,9-10,13,15H,6-8H2,1H3/t10-,13?/m0/s1. The van der Waals surface area contributed by atoms with E-state index in [1.807, 2.05) is 11.3 Å². The van der Waals surface area contributed by atoms with Crippen molar-refractivity contribution >= 4 is 21.4 Å². The Kier molecular flexibility index (Phi) is 2.70. The van der Waals surface area contributed by atoms with Crippen LogP contribution < -0.4 is 5.32 Å². The molecule has 1 nitrogen and oxygen atoms in total. The van der Waals surface area contributed by atoms with Gasteiger partial charge < -0.3 is 5.32 Å². The van der Waals surface area contributed by atoms with Gasteiger partial charge in [-0.05, 0) is 47.7 Å². The summed E-state index contributed by atoms with van der Waals surface area (Å²) in [6, 6.07) is 9.31.